The first-order chi connectivity index (χ1) is 9.91. The lowest BCUT2D eigenvalue weighted by Crippen LogP contribution is -2.56. The number of carbonyl (C=O) groups is 1. The number of methoxy groups -OCH3 is 1. The van der Waals surface area contributed by atoms with Gasteiger partial charge in [-0.1, -0.05) is 19.4 Å². The van der Waals surface area contributed by atoms with E-state index in [1.165, 1.54) is 0 Å². The smallest absolute Gasteiger partial charge is 0.156 e. The van der Waals surface area contributed by atoms with Crippen LogP contribution < -0.4 is 0 Å². The van der Waals surface area contributed by atoms with Crippen LogP contribution in [0.25, 0.3) is 0 Å². The van der Waals surface area contributed by atoms with Crippen LogP contribution in [0.1, 0.15) is 33.1 Å². The van der Waals surface area contributed by atoms with Crippen molar-refractivity contribution in [2.45, 2.75) is 45.5 Å². The van der Waals surface area contributed by atoms with Gasteiger partial charge in [-0.15, -0.1) is 0 Å². The molecule has 2 fully saturated rings. The predicted molar refractivity (Wildman–Crippen MR) is 75.4 cm³/mol. The Morgan fingerprint density at radius 1 is 1.48 bits per heavy atom. The maximum atomic E-state index is 12.1. The lowest BCUT2D eigenvalue weighted by Gasteiger charge is -2.57. The summed E-state index contributed by atoms with van der Waals surface area (Å²) in [6.07, 6.45) is 2.81. The average molecular weight is 296 g/mol. The molecule has 0 radical (unpaired) electrons. The van der Waals surface area contributed by atoms with Gasteiger partial charge in [0.25, 0.3) is 0 Å². The summed E-state index contributed by atoms with van der Waals surface area (Å²) in [7, 11) is 1.60. The highest BCUT2D eigenvalue weighted by Crippen LogP contribution is 2.62. The van der Waals surface area contributed by atoms with Gasteiger partial charge in [0.2, 0.25) is 0 Å². The van der Waals surface area contributed by atoms with E-state index < -0.39 is 6.29 Å². The first kappa shape index (κ1) is 15.2. The first-order valence-electron chi connectivity index (χ1n) is 7.57. The Balaban J connectivity index is 1.96. The largest absolute Gasteiger partial charge is 0.368 e. The highest BCUT2D eigenvalue weighted by molar-refractivity contribution is 5.95. The second kappa shape index (κ2) is 5.16. The van der Waals surface area contributed by atoms with E-state index in [9.17, 15) is 9.90 Å². The molecule has 21 heavy (non-hydrogen) atoms. The van der Waals surface area contributed by atoms with Gasteiger partial charge in [0.05, 0.1) is 12.7 Å². The van der Waals surface area contributed by atoms with Crippen molar-refractivity contribution in [1.82, 2.24) is 0 Å². The van der Waals surface area contributed by atoms with Gasteiger partial charge in [-0.25, -0.2) is 0 Å². The summed E-state index contributed by atoms with van der Waals surface area (Å²) in [5, 5.41) is 10.0. The van der Waals surface area contributed by atoms with Crippen LogP contribution in [0.2, 0.25) is 0 Å². The number of ketones is 1. The molecule has 0 aromatic carbocycles. The van der Waals surface area contributed by atoms with Crippen molar-refractivity contribution < 1.29 is 24.1 Å². The summed E-state index contributed by atoms with van der Waals surface area (Å²) >= 11 is 0. The summed E-state index contributed by atoms with van der Waals surface area (Å²) in [6, 6.07) is 0. The molecule has 2 aliphatic carbocycles. The van der Waals surface area contributed by atoms with E-state index in [2.05, 4.69) is 13.8 Å². The Morgan fingerprint density at radius 2 is 2.24 bits per heavy atom. The topological polar surface area (TPSA) is 65.0 Å². The second-order valence-electron chi connectivity index (χ2n) is 6.98. The molecule has 1 N–H and O–H groups in total. The number of hydrogen-bond donors (Lipinski definition) is 1. The van der Waals surface area contributed by atoms with Crippen LogP contribution in [0.5, 0.6) is 0 Å². The third-order valence-corrected chi connectivity index (χ3v) is 5.66. The van der Waals surface area contributed by atoms with Crippen molar-refractivity contribution in [3.63, 3.8) is 0 Å². The van der Waals surface area contributed by atoms with Crippen LogP contribution in [0.3, 0.4) is 0 Å². The number of aliphatic hydroxyl groups excluding tert-OH is 1. The van der Waals surface area contributed by atoms with E-state index in [4.69, 9.17) is 14.2 Å². The molecule has 1 spiro atoms. The molecule has 0 aromatic rings. The molecule has 0 amide bonds. The monoisotopic (exact) mass is 296 g/mol. The Morgan fingerprint density at radius 3 is 2.95 bits per heavy atom. The molecule has 5 heteroatoms. The molecule has 118 valence electrons. The molecule has 5 nitrogen and oxygen atoms in total. The first-order valence-corrected chi connectivity index (χ1v) is 7.57. The second-order valence-corrected chi connectivity index (χ2v) is 6.98. The van der Waals surface area contributed by atoms with Crippen LogP contribution >= 0.6 is 0 Å². The molecule has 0 unspecified atom stereocenters. The minimum Gasteiger partial charge on any atom is -0.368 e. The quantitative estimate of drug-likeness (QED) is 0.631. The molecule has 0 aromatic heterocycles. The van der Waals surface area contributed by atoms with Crippen LogP contribution in [0.4, 0.5) is 0 Å². The minimum atomic E-state index is -0.773. The number of hydrogen-bond acceptors (Lipinski definition) is 5. The zero-order valence-corrected chi connectivity index (χ0v) is 12.9. The SMILES string of the molecule is COCOC[C@]1(C)C2=CC(=O)C[C@@]23C[C@H](O[C@@H](O)C3)[C@@H]1C. The Bertz CT molecular complexity index is 473. The van der Waals surface area contributed by atoms with Crippen molar-refractivity contribution in [1.29, 1.82) is 0 Å². The van der Waals surface area contributed by atoms with Gasteiger partial charge in [0, 0.05) is 30.8 Å². The maximum absolute atomic E-state index is 12.1. The van der Waals surface area contributed by atoms with E-state index >= 15 is 0 Å². The Labute approximate surface area is 125 Å². The number of ether oxygens (including phenoxy) is 3. The summed E-state index contributed by atoms with van der Waals surface area (Å²) in [5.41, 5.74) is 0.646. The van der Waals surface area contributed by atoms with E-state index in [0.717, 1.165) is 12.0 Å². The van der Waals surface area contributed by atoms with Crippen molar-refractivity contribution in [3.8, 4) is 0 Å². The Hall–Kier alpha value is -0.750. The molecule has 5 atom stereocenters. The lowest BCUT2D eigenvalue weighted by atomic mass is 9.53. The van der Waals surface area contributed by atoms with E-state index in [1.54, 1.807) is 13.2 Å². The molecule has 1 saturated heterocycles. The highest BCUT2D eigenvalue weighted by atomic mass is 16.7. The van der Waals surface area contributed by atoms with Crippen molar-refractivity contribution in [2.75, 3.05) is 20.5 Å². The van der Waals surface area contributed by atoms with Crippen molar-refractivity contribution >= 4 is 5.78 Å². The fourth-order valence-electron chi connectivity index (χ4n) is 4.53. The number of fused-ring (bicyclic) bond motifs is 1. The van der Waals surface area contributed by atoms with Gasteiger partial charge in [-0.2, -0.15) is 0 Å². The number of rotatable bonds is 4. The molecular formula is C16H24O5. The van der Waals surface area contributed by atoms with Gasteiger partial charge in [-0.3, -0.25) is 4.79 Å². The van der Waals surface area contributed by atoms with Crippen LogP contribution in [0.15, 0.2) is 11.6 Å². The van der Waals surface area contributed by atoms with Crippen LogP contribution in [-0.4, -0.2) is 43.8 Å². The third kappa shape index (κ3) is 2.27. The van der Waals surface area contributed by atoms with Crippen LogP contribution in [-0.2, 0) is 19.0 Å². The van der Waals surface area contributed by atoms with Crippen LogP contribution in [0, 0.1) is 16.7 Å². The van der Waals surface area contributed by atoms with Gasteiger partial charge >= 0.3 is 0 Å². The van der Waals surface area contributed by atoms with Gasteiger partial charge in [0.1, 0.15) is 6.79 Å². The predicted octanol–water partition coefficient (Wildman–Crippen LogP) is 1.65. The lowest BCUT2D eigenvalue weighted by molar-refractivity contribution is -0.235. The number of carbonyl (C=O) groups excluding carboxylic acids is 1. The number of aliphatic hydroxyl groups is 1. The fourth-order valence-corrected chi connectivity index (χ4v) is 4.53. The molecule has 3 aliphatic rings. The summed E-state index contributed by atoms with van der Waals surface area (Å²) < 4.78 is 16.4. The molecule has 3 rings (SSSR count). The van der Waals surface area contributed by atoms with E-state index in [-0.39, 0.29) is 35.4 Å². The molecule has 1 saturated carbocycles. The Kier molecular flexibility index (Phi) is 3.72. The third-order valence-electron chi connectivity index (χ3n) is 5.66. The molecule has 1 aliphatic heterocycles. The van der Waals surface area contributed by atoms with Gasteiger partial charge in [0.15, 0.2) is 12.1 Å². The van der Waals surface area contributed by atoms with E-state index in [0.29, 0.717) is 19.4 Å². The standard InChI is InChI=1S/C16H24O5/c1-10-12-6-16(7-14(18)21-12)5-11(17)4-13(16)15(10,2)8-20-9-19-3/h4,10,12,14,18H,5-9H2,1-3H3/t10-,12-,14+,15-,16-/m0/s1. The zero-order chi connectivity index (χ0) is 15.3. The van der Waals surface area contributed by atoms with Gasteiger partial charge < -0.3 is 19.3 Å². The summed E-state index contributed by atoms with van der Waals surface area (Å²) in [4.78, 5) is 12.1. The van der Waals surface area contributed by atoms with Crippen molar-refractivity contribution in [3.05, 3.63) is 11.6 Å². The summed E-state index contributed by atoms with van der Waals surface area (Å²) in [6.45, 7) is 5.00. The minimum absolute atomic E-state index is 0.0343. The maximum Gasteiger partial charge on any atom is 0.156 e. The number of allylic oxidation sites excluding steroid dienone is 1. The fraction of sp³-hybridized carbons (Fsp3) is 0.812. The normalized spacial score (nSPS) is 45.4. The molecule has 1 heterocycles. The van der Waals surface area contributed by atoms with Gasteiger partial charge in [-0.05, 0) is 18.4 Å². The molecular weight excluding hydrogens is 272 g/mol. The summed E-state index contributed by atoms with van der Waals surface area (Å²) in [5.74, 6) is 0.333. The molecule has 2 bridgehead atoms. The average Bonchev–Trinajstić information content (AvgIpc) is 2.72. The highest BCUT2D eigenvalue weighted by Gasteiger charge is 2.60. The van der Waals surface area contributed by atoms with E-state index in [1.807, 2.05) is 0 Å². The van der Waals surface area contributed by atoms with Crippen molar-refractivity contribution in [2.24, 2.45) is 16.7 Å². The zero-order valence-electron chi connectivity index (χ0n) is 12.9.